The molecule has 154 valence electrons. The van der Waals surface area contributed by atoms with E-state index in [0.717, 1.165) is 27.5 Å². The summed E-state index contributed by atoms with van der Waals surface area (Å²) < 4.78 is 24.4. The molecule has 0 spiro atoms. The van der Waals surface area contributed by atoms with Crippen LogP contribution in [0.3, 0.4) is 0 Å². The topological polar surface area (TPSA) is 82.2 Å². The number of aromatic nitrogens is 1. The van der Waals surface area contributed by atoms with Crippen molar-refractivity contribution in [2.45, 2.75) is 17.9 Å². The second-order valence-electron chi connectivity index (χ2n) is 7.24. The Hall–Kier alpha value is -3.66. The molecule has 0 atom stereocenters. The molecule has 4 rings (SSSR count). The van der Waals surface area contributed by atoms with E-state index in [1.165, 1.54) is 12.1 Å². The molecule has 4 aromatic rings. The number of pyridine rings is 1. The molecule has 5 nitrogen and oxygen atoms in total. The maximum atomic E-state index is 12.5. The Balaban J connectivity index is 1.59. The summed E-state index contributed by atoms with van der Waals surface area (Å²) in [5, 5.41) is 6.89. The van der Waals surface area contributed by atoms with Crippen LogP contribution in [0.5, 0.6) is 0 Å². The molecule has 2 N–H and O–H groups in total. The van der Waals surface area contributed by atoms with Gasteiger partial charge in [0.05, 0.1) is 11.4 Å². The van der Waals surface area contributed by atoms with Gasteiger partial charge in [-0.2, -0.15) is 0 Å². The molecule has 0 unspecified atom stereocenters. The Morgan fingerprint density at radius 1 is 0.839 bits per heavy atom. The lowest BCUT2D eigenvalue weighted by Gasteiger charge is -2.08. The third kappa shape index (κ3) is 5.10. The first kappa shape index (κ1) is 20.6. The largest absolute Gasteiger partial charge is 0.310 e. The van der Waals surface area contributed by atoms with Gasteiger partial charge >= 0.3 is 0 Å². The highest BCUT2D eigenvalue weighted by atomic mass is 32.2. The average Bonchev–Trinajstić information content (AvgIpc) is 2.75. The van der Waals surface area contributed by atoms with Crippen LogP contribution in [0.15, 0.2) is 94.7 Å². The van der Waals surface area contributed by atoms with E-state index in [-0.39, 0.29) is 10.5 Å². The van der Waals surface area contributed by atoms with Gasteiger partial charge in [-0.15, -0.1) is 0 Å². The second-order valence-corrected chi connectivity index (χ2v) is 8.80. The van der Waals surface area contributed by atoms with Crippen molar-refractivity contribution in [1.29, 1.82) is 0 Å². The van der Waals surface area contributed by atoms with Crippen LogP contribution in [-0.4, -0.2) is 13.0 Å². The smallest absolute Gasteiger partial charge is 0.251 e. The fraction of sp³-hybridized carbons (Fsp3) is 0.0800. The minimum absolute atomic E-state index is 0.0424. The Morgan fingerprint density at radius 3 is 2.29 bits per heavy atom. The molecule has 0 fully saturated rings. The summed E-state index contributed by atoms with van der Waals surface area (Å²) in [5.41, 5.74) is 2.71. The lowest BCUT2D eigenvalue weighted by Crippen LogP contribution is -2.19. The van der Waals surface area contributed by atoms with Crippen LogP contribution in [0.25, 0.3) is 10.8 Å². The predicted octanol–water partition coefficient (Wildman–Crippen LogP) is 3.29. The van der Waals surface area contributed by atoms with E-state index in [1.807, 2.05) is 48.5 Å². The van der Waals surface area contributed by atoms with Crippen LogP contribution in [0.1, 0.15) is 16.7 Å². The van der Waals surface area contributed by atoms with Crippen LogP contribution >= 0.6 is 0 Å². The van der Waals surface area contributed by atoms with Gasteiger partial charge in [-0.1, -0.05) is 60.4 Å². The van der Waals surface area contributed by atoms with E-state index in [0.29, 0.717) is 13.0 Å². The minimum atomic E-state index is -3.74. The summed E-state index contributed by atoms with van der Waals surface area (Å²) in [7, 11) is -3.74. The first-order valence-corrected chi connectivity index (χ1v) is 11.2. The lowest BCUT2D eigenvalue weighted by atomic mass is 10.1. The van der Waals surface area contributed by atoms with Crippen molar-refractivity contribution < 1.29 is 8.42 Å². The second kappa shape index (κ2) is 8.60. The summed E-state index contributed by atoms with van der Waals surface area (Å²) >= 11 is 0. The number of nitrogens with zero attached hydrogens (tertiary/aromatic N) is 1. The van der Waals surface area contributed by atoms with Gasteiger partial charge < -0.3 is 4.57 Å². The number of nitrogens with two attached hydrogens (primary N) is 1. The highest BCUT2D eigenvalue weighted by Gasteiger charge is 2.08. The van der Waals surface area contributed by atoms with E-state index in [9.17, 15) is 13.2 Å². The van der Waals surface area contributed by atoms with Gasteiger partial charge in [0.25, 0.3) is 5.56 Å². The molecular weight excluding hydrogens is 408 g/mol. The van der Waals surface area contributed by atoms with E-state index in [4.69, 9.17) is 5.14 Å². The van der Waals surface area contributed by atoms with Gasteiger partial charge in [0, 0.05) is 24.2 Å². The summed E-state index contributed by atoms with van der Waals surface area (Å²) in [6, 6.07) is 23.6. The number of fused-ring (bicyclic) bond motifs is 1. The van der Waals surface area contributed by atoms with Crippen molar-refractivity contribution in [3.63, 3.8) is 0 Å². The molecule has 0 radical (unpaired) electrons. The normalized spacial score (nSPS) is 11.1. The molecule has 0 bridgehead atoms. The highest BCUT2D eigenvalue weighted by molar-refractivity contribution is 7.89. The molecule has 0 aliphatic rings. The van der Waals surface area contributed by atoms with Crippen molar-refractivity contribution in [2.75, 3.05) is 0 Å². The molecule has 3 aromatic carbocycles. The monoisotopic (exact) mass is 428 g/mol. The Labute approximate surface area is 180 Å². The van der Waals surface area contributed by atoms with Gasteiger partial charge in [0.1, 0.15) is 0 Å². The molecule has 31 heavy (non-hydrogen) atoms. The summed E-state index contributed by atoms with van der Waals surface area (Å²) in [5.74, 6) is 6.37. The molecular formula is C25H20N2O3S. The van der Waals surface area contributed by atoms with E-state index in [2.05, 4.69) is 11.8 Å². The zero-order valence-electron chi connectivity index (χ0n) is 16.7. The Kier molecular flexibility index (Phi) is 5.72. The van der Waals surface area contributed by atoms with Crippen LogP contribution in [0.4, 0.5) is 0 Å². The van der Waals surface area contributed by atoms with Crippen LogP contribution in [-0.2, 0) is 23.0 Å². The first-order valence-electron chi connectivity index (χ1n) is 9.67. The number of benzene rings is 3. The van der Waals surface area contributed by atoms with Gasteiger partial charge in [0.15, 0.2) is 0 Å². The molecule has 0 saturated carbocycles. The maximum absolute atomic E-state index is 12.5. The summed E-state index contributed by atoms with van der Waals surface area (Å²) in [6.45, 7) is 0.323. The minimum Gasteiger partial charge on any atom is -0.310 e. The number of hydrogen-bond acceptors (Lipinski definition) is 3. The third-order valence-corrected chi connectivity index (χ3v) is 5.85. The van der Waals surface area contributed by atoms with E-state index >= 15 is 0 Å². The van der Waals surface area contributed by atoms with E-state index in [1.54, 1.807) is 29.0 Å². The number of sulfonamides is 1. The number of primary sulfonamides is 1. The fourth-order valence-electron chi connectivity index (χ4n) is 3.29. The SMILES string of the molecule is NS(=O)(=O)c1ccc(Cn2cc3cc(C#CCc4ccccc4)ccc3cc2=O)cc1. The summed E-state index contributed by atoms with van der Waals surface area (Å²) in [4.78, 5) is 12.5. The van der Waals surface area contributed by atoms with Gasteiger partial charge in [-0.05, 0) is 46.2 Å². The van der Waals surface area contributed by atoms with Crippen molar-refractivity contribution in [1.82, 2.24) is 4.57 Å². The van der Waals surface area contributed by atoms with Crippen LogP contribution in [0.2, 0.25) is 0 Å². The predicted molar refractivity (Wildman–Crippen MR) is 122 cm³/mol. The Morgan fingerprint density at radius 2 is 1.58 bits per heavy atom. The zero-order valence-corrected chi connectivity index (χ0v) is 17.5. The lowest BCUT2D eigenvalue weighted by molar-refractivity contribution is 0.597. The van der Waals surface area contributed by atoms with Crippen LogP contribution in [0, 0.1) is 11.8 Å². The van der Waals surface area contributed by atoms with Crippen molar-refractivity contribution in [3.05, 3.63) is 112 Å². The molecule has 0 saturated heterocycles. The third-order valence-electron chi connectivity index (χ3n) is 4.92. The van der Waals surface area contributed by atoms with Crippen LogP contribution < -0.4 is 10.7 Å². The van der Waals surface area contributed by atoms with Crippen molar-refractivity contribution in [3.8, 4) is 11.8 Å². The number of hydrogen-bond donors (Lipinski definition) is 1. The fourth-order valence-corrected chi connectivity index (χ4v) is 3.81. The Bertz CT molecular complexity index is 1460. The van der Waals surface area contributed by atoms with Crippen molar-refractivity contribution in [2.24, 2.45) is 5.14 Å². The standard InChI is InChI=1S/C25H20N2O3S/c26-31(29,30)24-13-10-21(11-14-24)17-27-18-23-15-20(9-12-22(23)16-25(27)28)8-4-7-19-5-2-1-3-6-19/h1-3,5-6,9-16,18H,7,17H2,(H2,26,29,30). The quantitative estimate of drug-likeness (QED) is 0.507. The van der Waals surface area contributed by atoms with Gasteiger partial charge in [-0.25, -0.2) is 13.6 Å². The highest BCUT2D eigenvalue weighted by Crippen LogP contribution is 2.15. The molecule has 0 amide bonds. The zero-order chi connectivity index (χ0) is 21.8. The maximum Gasteiger partial charge on any atom is 0.251 e. The average molecular weight is 429 g/mol. The van der Waals surface area contributed by atoms with Gasteiger partial charge in [0.2, 0.25) is 10.0 Å². The summed E-state index contributed by atoms with van der Waals surface area (Å²) in [6.07, 6.45) is 2.47. The number of rotatable bonds is 4. The first-order chi connectivity index (χ1) is 14.9. The molecule has 0 aliphatic heterocycles. The van der Waals surface area contributed by atoms with E-state index < -0.39 is 10.0 Å². The molecule has 1 aromatic heterocycles. The van der Waals surface area contributed by atoms with Gasteiger partial charge in [-0.3, -0.25) is 4.79 Å². The molecule has 1 heterocycles. The molecule has 0 aliphatic carbocycles. The van der Waals surface area contributed by atoms with Crippen molar-refractivity contribution >= 4 is 20.8 Å². The molecule has 6 heteroatoms.